The van der Waals surface area contributed by atoms with E-state index in [-0.39, 0.29) is 18.7 Å². The van der Waals surface area contributed by atoms with Crippen LogP contribution in [-0.4, -0.2) is 23.8 Å². The molecule has 9 nitrogen and oxygen atoms in total. The van der Waals surface area contributed by atoms with Crippen molar-refractivity contribution in [2.24, 2.45) is 5.10 Å². The number of hydrogen-bond acceptors (Lipinski definition) is 7. The number of methoxy groups -OCH3 is 1. The van der Waals surface area contributed by atoms with E-state index in [9.17, 15) is 20.1 Å². The molecule has 0 aliphatic rings. The molecule has 3 rings (SSSR count). The highest BCUT2D eigenvalue weighted by molar-refractivity contribution is 9.10. The van der Waals surface area contributed by atoms with Gasteiger partial charge in [-0.3, -0.25) is 9.59 Å². The minimum absolute atomic E-state index is 0.0842. The zero-order chi connectivity index (χ0) is 24.0. The molecule has 0 atom stereocenters. The van der Waals surface area contributed by atoms with Crippen LogP contribution in [0.25, 0.3) is 11.3 Å². The van der Waals surface area contributed by atoms with E-state index in [1.54, 1.807) is 43.3 Å². The minimum Gasteiger partial charge on any atom is -0.455 e. The Bertz CT molecular complexity index is 1370. The average molecular weight is 508 g/mol. The van der Waals surface area contributed by atoms with Crippen molar-refractivity contribution >= 4 is 28.1 Å². The molecule has 166 valence electrons. The van der Waals surface area contributed by atoms with Crippen molar-refractivity contribution in [3.63, 3.8) is 0 Å². The first-order valence-corrected chi connectivity index (χ1v) is 10.4. The fourth-order valence-electron chi connectivity index (χ4n) is 3.16. The maximum absolute atomic E-state index is 12.7. The number of ether oxygens (including phenoxy) is 1. The second-order valence-electron chi connectivity index (χ2n) is 6.84. The van der Waals surface area contributed by atoms with Crippen LogP contribution in [0.1, 0.15) is 28.1 Å². The Kier molecular flexibility index (Phi) is 7.57. The molecular weight excluding hydrogens is 490 g/mol. The molecular formula is C23H18BrN5O4. The van der Waals surface area contributed by atoms with Gasteiger partial charge in [-0.15, -0.1) is 0 Å². The third-order valence-electron chi connectivity index (χ3n) is 4.77. The Balaban J connectivity index is 1.74. The number of carbonyl (C=O) groups excluding carboxylic acids is 1. The number of aromatic nitrogens is 1. The third kappa shape index (κ3) is 5.09. The van der Waals surface area contributed by atoms with Gasteiger partial charge in [0.15, 0.2) is 0 Å². The Morgan fingerprint density at radius 1 is 1.27 bits per heavy atom. The van der Waals surface area contributed by atoms with Crippen molar-refractivity contribution < 1.29 is 13.9 Å². The molecule has 0 fully saturated rings. The molecule has 1 amide bonds. The van der Waals surface area contributed by atoms with Gasteiger partial charge in [0.2, 0.25) is 0 Å². The number of halogens is 1. The summed E-state index contributed by atoms with van der Waals surface area (Å²) in [5.74, 6) is 0.297. The number of carbonyl (C=O) groups is 1. The van der Waals surface area contributed by atoms with Gasteiger partial charge in [0.1, 0.15) is 29.7 Å². The molecule has 0 spiro atoms. The molecule has 0 saturated heterocycles. The van der Waals surface area contributed by atoms with E-state index in [4.69, 9.17) is 9.15 Å². The second-order valence-corrected chi connectivity index (χ2v) is 7.63. The van der Waals surface area contributed by atoms with Crippen molar-refractivity contribution in [3.05, 3.63) is 79.4 Å². The van der Waals surface area contributed by atoms with E-state index in [1.165, 1.54) is 17.9 Å². The Hall–Kier alpha value is -3.99. The summed E-state index contributed by atoms with van der Waals surface area (Å²) in [6.45, 7) is 1.41. The van der Waals surface area contributed by atoms with Crippen LogP contribution >= 0.6 is 15.9 Å². The van der Waals surface area contributed by atoms with Crippen molar-refractivity contribution in [2.45, 2.75) is 20.1 Å². The fraction of sp³-hybridized carbons (Fsp3) is 0.174. The number of pyridine rings is 1. The summed E-state index contributed by atoms with van der Waals surface area (Å²) in [5.41, 5.74) is 3.70. The summed E-state index contributed by atoms with van der Waals surface area (Å²) in [4.78, 5) is 25.1. The summed E-state index contributed by atoms with van der Waals surface area (Å²) in [5, 5.41) is 22.5. The third-order valence-corrected chi connectivity index (χ3v) is 5.82. The van der Waals surface area contributed by atoms with Gasteiger partial charge in [0, 0.05) is 28.4 Å². The standard InChI is InChI=1S/C23H18BrN5O4/c1-14-22(24)19(13-32-2)18(10-26)23(31)29(14)12-21(30)28-27-11-16-7-8-20(33-16)17-6-4-3-5-15(17)9-25/h3-8,11H,12-13H2,1-2H3,(H,28,30)/b27-11+. The zero-order valence-electron chi connectivity index (χ0n) is 17.8. The molecule has 2 aromatic heterocycles. The molecule has 10 heteroatoms. The van der Waals surface area contributed by atoms with Crippen molar-refractivity contribution in [1.82, 2.24) is 9.99 Å². The number of amides is 1. The number of nitrogens with zero attached hydrogens (tertiary/aromatic N) is 4. The van der Waals surface area contributed by atoms with Gasteiger partial charge in [-0.1, -0.05) is 12.1 Å². The molecule has 0 aliphatic carbocycles. The number of furan rings is 1. The van der Waals surface area contributed by atoms with E-state index in [1.807, 2.05) is 6.07 Å². The Labute approximate surface area is 197 Å². The van der Waals surface area contributed by atoms with Crippen LogP contribution in [0.15, 0.2) is 55.2 Å². The molecule has 33 heavy (non-hydrogen) atoms. The highest BCUT2D eigenvalue weighted by atomic mass is 79.9. The average Bonchev–Trinajstić information content (AvgIpc) is 3.29. The monoisotopic (exact) mass is 507 g/mol. The van der Waals surface area contributed by atoms with Gasteiger partial charge in [-0.05, 0) is 47.1 Å². The molecule has 3 aromatic rings. The molecule has 0 aliphatic heterocycles. The highest BCUT2D eigenvalue weighted by Crippen LogP contribution is 2.25. The van der Waals surface area contributed by atoms with E-state index in [0.29, 0.717) is 38.4 Å². The summed E-state index contributed by atoms with van der Waals surface area (Å²) in [6, 6.07) is 14.4. The van der Waals surface area contributed by atoms with Gasteiger partial charge >= 0.3 is 0 Å². The van der Waals surface area contributed by atoms with Crippen molar-refractivity contribution in [2.75, 3.05) is 7.11 Å². The Morgan fingerprint density at radius 3 is 2.73 bits per heavy atom. The minimum atomic E-state index is -0.587. The van der Waals surface area contributed by atoms with E-state index in [2.05, 4.69) is 32.5 Å². The quantitative estimate of drug-likeness (QED) is 0.385. The molecule has 0 saturated carbocycles. The van der Waals surface area contributed by atoms with Crippen LogP contribution in [-0.2, 0) is 22.7 Å². The molecule has 1 N–H and O–H groups in total. The summed E-state index contributed by atoms with van der Waals surface area (Å²) >= 11 is 3.38. The predicted molar refractivity (Wildman–Crippen MR) is 123 cm³/mol. The molecule has 2 heterocycles. The van der Waals surface area contributed by atoms with Crippen LogP contribution in [0, 0.1) is 29.6 Å². The van der Waals surface area contributed by atoms with Crippen LogP contribution < -0.4 is 11.0 Å². The first-order valence-electron chi connectivity index (χ1n) is 9.63. The molecule has 0 bridgehead atoms. The van der Waals surface area contributed by atoms with Crippen LogP contribution in [0.3, 0.4) is 0 Å². The lowest BCUT2D eigenvalue weighted by molar-refractivity contribution is -0.121. The van der Waals surface area contributed by atoms with E-state index >= 15 is 0 Å². The van der Waals surface area contributed by atoms with Crippen molar-refractivity contribution in [3.8, 4) is 23.5 Å². The van der Waals surface area contributed by atoms with Crippen LogP contribution in [0.4, 0.5) is 0 Å². The zero-order valence-corrected chi connectivity index (χ0v) is 19.3. The second kappa shape index (κ2) is 10.6. The SMILES string of the molecule is COCc1c(Br)c(C)n(CC(=O)N/N=C/c2ccc(-c3ccccc3C#N)o2)c(=O)c1C#N. The lowest BCUT2D eigenvalue weighted by atomic mass is 10.1. The van der Waals surface area contributed by atoms with Gasteiger partial charge in [0.05, 0.1) is 24.5 Å². The van der Waals surface area contributed by atoms with Crippen LogP contribution in [0.5, 0.6) is 0 Å². The lowest BCUT2D eigenvalue weighted by Gasteiger charge is -2.15. The molecule has 1 aromatic carbocycles. The number of nitrogens with one attached hydrogen (secondary N) is 1. The number of hydrazone groups is 1. The smallest absolute Gasteiger partial charge is 0.269 e. The van der Waals surface area contributed by atoms with Gasteiger partial charge < -0.3 is 13.7 Å². The normalized spacial score (nSPS) is 10.7. The Morgan fingerprint density at radius 2 is 2.03 bits per heavy atom. The fourth-order valence-corrected chi connectivity index (χ4v) is 3.68. The predicted octanol–water partition coefficient (Wildman–Crippen LogP) is 3.22. The maximum Gasteiger partial charge on any atom is 0.269 e. The number of benzene rings is 1. The van der Waals surface area contributed by atoms with Gasteiger partial charge in [-0.25, -0.2) is 5.43 Å². The first-order chi connectivity index (χ1) is 15.9. The van der Waals surface area contributed by atoms with Crippen molar-refractivity contribution in [1.29, 1.82) is 10.5 Å². The maximum atomic E-state index is 12.7. The van der Waals surface area contributed by atoms with E-state index in [0.717, 1.165) is 0 Å². The number of rotatable bonds is 7. The molecule has 0 unspecified atom stereocenters. The first kappa shape index (κ1) is 23.7. The lowest BCUT2D eigenvalue weighted by Crippen LogP contribution is -2.33. The van der Waals surface area contributed by atoms with E-state index < -0.39 is 11.5 Å². The summed E-state index contributed by atoms with van der Waals surface area (Å²) < 4.78 is 12.5. The summed E-state index contributed by atoms with van der Waals surface area (Å²) in [7, 11) is 1.46. The molecule has 0 radical (unpaired) electrons. The largest absolute Gasteiger partial charge is 0.455 e. The number of hydrogen-bond donors (Lipinski definition) is 1. The van der Waals surface area contributed by atoms with Gasteiger partial charge in [0.25, 0.3) is 11.5 Å². The topological polar surface area (TPSA) is 133 Å². The van der Waals surface area contributed by atoms with Crippen LogP contribution in [0.2, 0.25) is 0 Å². The highest BCUT2D eigenvalue weighted by Gasteiger charge is 2.19. The van der Waals surface area contributed by atoms with Gasteiger partial charge in [-0.2, -0.15) is 15.6 Å². The summed E-state index contributed by atoms with van der Waals surface area (Å²) in [6.07, 6.45) is 1.31. The number of nitriles is 2.